The highest BCUT2D eigenvalue weighted by molar-refractivity contribution is 5.76. The number of aromatic nitrogens is 4. The maximum Gasteiger partial charge on any atom is 0.137 e. The van der Waals surface area contributed by atoms with Crippen LogP contribution in [-0.2, 0) is 13.1 Å². The monoisotopic (exact) mass is 323 g/mol. The van der Waals surface area contributed by atoms with Crippen LogP contribution in [0.2, 0.25) is 0 Å². The molecule has 0 bridgehead atoms. The number of hydrogen-bond acceptors (Lipinski definition) is 3. The van der Waals surface area contributed by atoms with Crippen molar-refractivity contribution in [2.45, 2.75) is 45.7 Å². The Hall–Kier alpha value is -2.14. The number of piperidine rings is 1. The van der Waals surface area contributed by atoms with Crippen LogP contribution in [0.4, 0.5) is 0 Å². The number of nitrogens with one attached hydrogen (secondary N) is 1. The zero-order valence-corrected chi connectivity index (χ0v) is 14.5. The summed E-state index contributed by atoms with van der Waals surface area (Å²) in [5, 5.41) is 5.79. The standard InChI is InChI=1S/C19H25N5/c1-3-24-13-17(14(2)22-24)12-23-9-5-7-16(11-23)18-10-15-6-4-8-20-19(15)21-18/h4,6,8,10,13,16H,3,5,7,9,11-12H2,1-2H3,(H,20,21). The number of aromatic amines is 1. The molecule has 0 amide bonds. The Bertz CT molecular complexity index is 798. The van der Waals surface area contributed by atoms with E-state index in [1.165, 1.54) is 36.0 Å². The van der Waals surface area contributed by atoms with Crippen molar-refractivity contribution in [1.29, 1.82) is 0 Å². The Labute approximate surface area is 142 Å². The van der Waals surface area contributed by atoms with Crippen molar-refractivity contribution >= 4 is 11.0 Å². The largest absolute Gasteiger partial charge is 0.343 e. The van der Waals surface area contributed by atoms with Gasteiger partial charge in [-0.3, -0.25) is 9.58 Å². The summed E-state index contributed by atoms with van der Waals surface area (Å²) >= 11 is 0. The third-order valence-corrected chi connectivity index (χ3v) is 5.12. The Kier molecular flexibility index (Phi) is 4.10. The Balaban J connectivity index is 1.49. The second-order valence-electron chi connectivity index (χ2n) is 6.84. The highest BCUT2D eigenvalue weighted by Crippen LogP contribution is 2.29. The molecule has 3 aromatic heterocycles. The highest BCUT2D eigenvalue weighted by Gasteiger charge is 2.23. The number of pyridine rings is 1. The molecule has 1 aliphatic rings. The zero-order valence-electron chi connectivity index (χ0n) is 14.5. The van der Waals surface area contributed by atoms with Gasteiger partial charge in [0.2, 0.25) is 0 Å². The maximum atomic E-state index is 4.58. The van der Waals surface area contributed by atoms with Crippen LogP contribution in [-0.4, -0.2) is 37.7 Å². The lowest BCUT2D eigenvalue weighted by atomic mass is 9.94. The third kappa shape index (κ3) is 2.96. The number of likely N-dealkylation sites (tertiary alicyclic amines) is 1. The third-order valence-electron chi connectivity index (χ3n) is 5.12. The molecule has 0 aliphatic carbocycles. The van der Waals surface area contributed by atoms with E-state index in [0.29, 0.717) is 5.92 Å². The fraction of sp³-hybridized carbons (Fsp3) is 0.474. The smallest absolute Gasteiger partial charge is 0.137 e. The molecular formula is C19H25N5. The number of rotatable bonds is 4. The van der Waals surface area contributed by atoms with Crippen molar-refractivity contribution in [3.63, 3.8) is 0 Å². The maximum absolute atomic E-state index is 4.58. The van der Waals surface area contributed by atoms with Crippen LogP contribution in [0.5, 0.6) is 0 Å². The fourth-order valence-electron chi connectivity index (χ4n) is 3.77. The van der Waals surface area contributed by atoms with Gasteiger partial charge in [-0.25, -0.2) is 4.98 Å². The van der Waals surface area contributed by atoms with Gasteiger partial charge in [0.05, 0.1) is 5.69 Å². The highest BCUT2D eigenvalue weighted by atomic mass is 15.3. The van der Waals surface area contributed by atoms with E-state index in [0.717, 1.165) is 31.0 Å². The van der Waals surface area contributed by atoms with Crippen LogP contribution in [0.3, 0.4) is 0 Å². The molecule has 24 heavy (non-hydrogen) atoms. The van der Waals surface area contributed by atoms with Gasteiger partial charge >= 0.3 is 0 Å². The molecule has 4 heterocycles. The predicted molar refractivity (Wildman–Crippen MR) is 96.0 cm³/mol. The van der Waals surface area contributed by atoms with E-state index in [9.17, 15) is 0 Å². The molecule has 126 valence electrons. The van der Waals surface area contributed by atoms with Crippen LogP contribution < -0.4 is 0 Å². The van der Waals surface area contributed by atoms with Gasteiger partial charge in [-0.05, 0) is 51.4 Å². The summed E-state index contributed by atoms with van der Waals surface area (Å²) < 4.78 is 2.04. The van der Waals surface area contributed by atoms with E-state index >= 15 is 0 Å². The molecule has 5 heteroatoms. The number of nitrogens with zero attached hydrogens (tertiary/aromatic N) is 4. The topological polar surface area (TPSA) is 49.7 Å². The van der Waals surface area contributed by atoms with E-state index in [-0.39, 0.29) is 0 Å². The van der Waals surface area contributed by atoms with Gasteiger partial charge in [0.15, 0.2) is 0 Å². The molecule has 1 fully saturated rings. The molecule has 1 aliphatic heterocycles. The summed E-state index contributed by atoms with van der Waals surface area (Å²) in [5.41, 5.74) is 4.85. The van der Waals surface area contributed by atoms with Gasteiger partial charge in [0.1, 0.15) is 5.65 Å². The minimum atomic E-state index is 0.564. The first-order valence-corrected chi connectivity index (χ1v) is 8.92. The second-order valence-corrected chi connectivity index (χ2v) is 6.84. The number of H-pyrrole nitrogens is 1. The van der Waals surface area contributed by atoms with Gasteiger partial charge in [0, 0.05) is 54.6 Å². The van der Waals surface area contributed by atoms with E-state index < -0.39 is 0 Å². The van der Waals surface area contributed by atoms with E-state index in [2.05, 4.69) is 52.1 Å². The Morgan fingerprint density at radius 3 is 3.08 bits per heavy atom. The zero-order chi connectivity index (χ0) is 16.5. The Morgan fingerprint density at radius 1 is 1.38 bits per heavy atom. The van der Waals surface area contributed by atoms with Gasteiger partial charge in [-0.15, -0.1) is 0 Å². The van der Waals surface area contributed by atoms with Crippen LogP contribution in [0.1, 0.15) is 42.6 Å². The van der Waals surface area contributed by atoms with Crippen LogP contribution in [0.25, 0.3) is 11.0 Å². The lowest BCUT2D eigenvalue weighted by Crippen LogP contribution is -2.34. The molecule has 0 saturated carbocycles. The minimum Gasteiger partial charge on any atom is -0.343 e. The van der Waals surface area contributed by atoms with E-state index in [4.69, 9.17) is 0 Å². The summed E-state index contributed by atoms with van der Waals surface area (Å²) in [5.74, 6) is 0.564. The fourth-order valence-corrected chi connectivity index (χ4v) is 3.77. The molecular weight excluding hydrogens is 298 g/mol. The normalized spacial score (nSPS) is 19.2. The molecule has 0 aromatic carbocycles. The summed E-state index contributed by atoms with van der Waals surface area (Å²) in [4.78, 5) is 10.5. The van der Waals surface area contributed by atoms with Crippen molar-refractivity contribution in [2.75, 3.05) is 13.1 Å². The van der Waals surface area contributed by atoms with Gasteiger partial charge in [0.25, 0.3) is 0 Å². The molecule has 3 aromatic rings. The molecule has 0 spiro atoms. The van der Waals surface area contributed by atoms with Gasteiger partial charge < -0.3 is 4.98 Å². The number of fused-ring (bicyclic) bond motifs is 1. The first kappa shape index (κ1) is 15.4. The molecule has 1 unspecified atom stereocenters. The molecule has 0 radical (unpaired) electrons. The lowest BCUT2D eigenvalue weighted by Gasteiger charge is -2.32. The van der Waals surface area contributed by atoms with Crippen molar-refractivity contribution in [3.05, 3.63) is 47.5 Å². The molecule has 1 N–H and O–H groups in total. The van der Waals surface area contributed by atoms with Crippen LogP contribution >= 0.6 is 0 Å². The summed E-state index contributed by atoms with van der Waals surface area (Å²) in [6, 6.07) is 6.41. The van der Waals surface area contributed by atoms with Gasteiger partial charge in [-0.2, -0.15) is 5.10 Å². The minimum absolute atomic E-state index is 0.564. The molecule has 4 rings (SSSR count). The summed E-state index contributed by atoms with van der Waals surface area (Å²) in [6.45, 7) is 8.46. The van der Waals surface area contributed by atoms with E-state index in [1.807, 2.05) is 16.9 Å². The molecule has 1 saturated heterocycles. The van der Waals surface area contributed by atoms with Crippen molar-refractivity contribution in [3.8, 4) is 0 Å². The summed E-state index contributed by atoms with van der Waals surface area (Å²) in [7, 11) is 0. The van der Waals surface area contributed by atoms with Crippen LogP contribution in [0.15, 0.2) is 30.6 Å². The van der Waals surface area contributed by atoms with Crippen molar-refractivity contribution in [2.24, 2.45) is 0 Å². The van der Waals surface area contributed by atoms with Crippen LogP contribution in [0, 0.1) is 6.92 Å². The SMILES string of the molecule is CCn1cc(CN2CCCC(c3cc4cccnc4[nH]3)C2)c(C)n1. The van der Waals surface area contributed by atoms with Crippen molar-refractivity contribution in [1.82, 2.24) is 24.6 Å². The quantitative estimate of drug-likeness (QED) is 0.800. The first-order chi connectivity index (χ1) is 11.7. The number of aryl methyl sites for hydroxylation is 2. The second kappa shape index (κ2) is 6.40. The first-order valence-electron chi connectivity index (χ1n) is 8.92. The molecule has 5 nitrogen and oxygen atoms in total. The Morgan fingerprint density at radius 2 is 2.29 bits per heavy atom. The number of hydrogen-bond donors (Lipinski definition) is 1. The average molecular weight is 323 g/mol. The summed E-state index contributed by atoms with van der Waals surface area (Å²) in [6.07, 6.45) is 6.54. The average Bonchev–Trinajstić information content (AvgIpc) is 3.19. The van der Waals surface area contributed by atoms with Gasteiger partial charge in [-0.1, -0.05) is 0 Å². The van der Waals surface area contributed by atoms with Crippen molar-refractivity contribution < 1.29 is 0 Å². The molecule has 1 atom stereocenters. The predicted octanol–water partition coefficient (Wildman–Crippen LogP) is 3.47. The lowest BCUT2D eigenvalue weighted by molar-refractivity contribution is 0.198. The van der Waals surface area contributed by atoms with E-state index in [1.54, 1.807) is 0 Å².